The number of aryl methyl sites for hydroxylation is 1. The van der Waals surface area contributed by atoms with Gasteiger partial charge in [0.1, 0.15) is 23.8 Å². The van der Waals surface area contributed by atoms with Crippen LogP contribution in [0.2, 0.25) is 0 Å². The van der Waals surface area contributed by atoms with E-state index in [1.807, 2.05) is 0 Å². The maximum atomic E-state index is 13.3. The molecular weight excluding hydrogens is 297 g/mol. The summed E-state index contributed by atoms with van der Waals surface area (Å²) in [7, 11) is 0. The van der Waals surface area contributed by atoms with E-state index < -0.39 is 5.60 Å². The molecule has 23 heavy (non-hydrogen) atoms. The van der Waals surface area contributed by atoms with E-state index in [1.165, 1.54) is 31.7 Å². The summed E-state index contributed by atoms with van der Waals surface area (Å²) in [5.41, 5.74) is -0.485. The minimum Gasteiger partial charge on any atom is -0.490 e. The number of β-amino-alcohol motifs (C(OH)–C–C–N with tert-alkyl or cyclic N) is 1. The van der Waals surface area contributed by atoms with Gasteiger partial charge in [0.2, 0.25) is 0 Å². The molecule has 1 aromatic carbocycles. The van der Waals surface area contributed by atoms with E-state index in [1.54, 1.807) is 19.1 Å². The Labute approximate surface area is 137 Å². The van der Waals surface area contributed by atoms with Crippen LogP contribution < -0.4 is 4.74 Å². The Morgan fingerprint density at radius 1 is 1.39 bits per heavy atom. The van der Waals surface area contributed by atoms with Crippen molar-refractivity contribution in [3.63, 3.8) is 0 Å². The summed E-state index contributed by atoms with van der Waals surface area (Å²) in [4.78, 5) is 2.35. The van der Waals surface area contributed by atoms with Gasteiger partial charge in [0.15, 0.2) is 0 Å². The average Bonchev–Trinajstić information content (AvgIpc) is 2.99. The molecule has 2 fully saturated rings. The Hall–Kier alpha value is -1.17. The van der Waals surface area contributed by atoms with Crippen LogP contribution in [0.1, 0.15) is 31.2 Å². The first-order valence-electron chi connectivity index (χ1n) is 8.49. The highest BCUT2D eigenvalue weighted by Crippen LogP contribution is 2.26. The van der Waals surface area contributed by atoms with Crippen molar-refractivity contribution < 1.29 is 19.0 Å². The number of benzene rings is 1. The van der Waals surface area contributed by atoms with Gasteiger partial charge in [0.05, 0.1) is 13.2 Å². The number of aliphatic hydroxyl groups is 1. The molecule has 1 aliphatic heterocycles. The molecular formula is C18H26FNO3. The molecule has 4 nitrogen and oxygen atoms in total. The molecule has 3 rings (SSSR count). The minimum atomic E-state index is -1.03. The van der Waals surface area contributed by atoms with Crippen molar-refractivity contribution in [3.05, 3.63) is 29.6 Å². The van der Waals surface area contributed by atoms with Crippen LogP contribution in [-0.2, 0) is 4.74 Å². The second-order valence-electron chi connectivity index (χ2n) is 6.89. The van der Waals surface area contributed by atoms with Crippen LogP contribution in [0.15, 0.2) is 18.2 Å². The summed E-state index contributed by atoms with van der Waals surface area (Å²) in [6.07, 6.45) is 4.94. The highest BCUT2D eigenvalue weighted by Gasteiger charge is 2.36. The Morgan fingerprint density at radius 3 is 2.91 bits per heavy atom. The molecule has 1 atom stereocenters. The van der Waals surface area contributed by atoms with Gasteiger partial charge in [-0.05, 0) is 43.5 Å². The lowest BCUT2D eigenvalue weighted by molar-refractivity contribution is -0.0669. The third-order valence-corrected chi connectivity index (χ3v) is 4.87. The molecule has 5 heteroatoms. The SMILES string of the molecule is Cc1cc(OCC2(O)COCCN(C3CCCC3)C2)ccc1F. The summed E-state index contributed by atoms with van der Waals surface area (Å²) < 4.78 is 24.6. The second-order valence-corrected chi connectivity index (χ2v) is 6.89. The van der Waals surface area contributed by atoms with Crippen LogP contribution in [0.4, 0.5) is 4.39 Å². The number of rotatable bonds is 4. The highest BCUT2D eigenvalue weighted by atomic mass is 19.1. The van der Waals surface area contributed by atoms with Crippen molar-refractivity contribution >= 4 is 0 Å². The number of hydrogen-bond donors (Lipinski definition) is 1. The van der Waals surface area contributed by atoms with Crippen molar-refractivity contribution in [1.82, 2.24) is 4.90 Å². The van der Waals surface area contributed by atoms with Gasteiger partial charge in [-0.2, -0.15) is 0 Å². The van der Waals surface area contributed by atoms with Gasteiger partial charge in [-0.1, -0.05) is 12.8 Å². The van der Waals surface area contributed by atoms with Crippen LogP contribution in [-0.4, -0.2) is 54.6 Å². The highest BCUT2D eigenvalue weighted by molar-refractivity contribution is 5.28. The monoisotopic (exact) mass is 323 g/mol. The van der Waals surface area contributed by atoms with Crippen molar-refractivity contribution in [2.75, 3.05) is 32.9 Å². The molecule has 0 aromatic heterocycles. The smallest absolute Gasteiger partial charge is 0.134 e. The number of nitrogens with zero attached hydrogens (tertiary/aromatic N) is 1. The van der Waals surface area contributed by atoms with Crippen molar-refractivity contribution in [2.45, 2.75) is 44.2 Å². The predicted molar refractivity (Wildman–Crippen MR) is 86.2 cm³/mol. The molecule has 1 saturated heterocycles. The first-order chi connectivity index (χ1) is 11.1. The lowest BCUT2D eigenvalue weighted by Gasteiger charge is -2.34. The lowest BCUT2D eigenvalue weighted by Crippen LogP contribution is -2.51. The van der Waals surface area contributed by atoms with Crippen molar-refractivity contribution in [3.8, 4) is 5.75 Å². The van der Waals surface area contributed by atoms with Gasteiger partial charge in [0, 0.05) is 19.1 Å². The Kier molecular flexibility index (Phi) is 5.19. The van der Waals surface area contributed by atoms with Gasteiger partial charge in [0.25, 0.3) is 0 Å². The largest absolute Gasteiger partial charge is 0.490 e. The molecule has 1 heterocycles. The number of halogens is 1. The molecule has 1 saturated carbocycles. The van der Waals surface area contributed by atoms with E-state index in [0.717, 1.165) is 6.54 Å². The van der Waals surface area contributed by atoms with Crippen molar-refractivity contribution in [1.29, 1.82) is 0 Å². The summed E-state index contributed by atoms with van der Waals surface area (Å²) in [6, 6.07) is 5.20. The molecule has 2 aliphatic rings. The normalized spacial score (nSPS) is 27.1. The fourth-order valence-corrected chi connectivity index (χ4v) is 3.54. The molecule has 0 spiro atoms. The van der Waals surface area contributed by atoms with E-state index in [-0.39, 0.29) is 19.0 Å². The zero-order valence-corrected chi connectivity index (χ0v) is 13.8. The first kappa shape index (κ1) is 16.7. The molecule has 0 bridgehead atoms. The van der Waals surface area contributed by atoms with E-state index in [4.69, 9.17) is 9.47 Å². The Balaban J connectivity index is 1.62. The molecule has 0 radical (unpaired) electrons. The van der Waals surface area contributed by atoms with Crippen LogP contribution >= 0.6 is 0 Å². The zero-order chi connectivity index (χ0) is 16.3. The fourth-order valence-electron chi connectivity index (χ4n) is 3.54. The summed E-state index contributed by atoms with van der Waals surface area (Å²) >= 11 is 0. The standard InChI is InChI=1S/C18H26FNO3/c1-14-10-16(6-7-17(14)19)23-13-18(21)11-20(8-9-22-12-18)15-4-2-3-5-15/h6-7,10,15,21H,2-5,8-9,11-13H2,1H3. The maximum absolute atomic E-state index is 13.3. The van der Waals surface area contributed by atoms with E-state index in [9.17, 15) is 9.50 Å². The molecule has 1 unspecified atom stereocenters. The minimum absolute atomic E-state index is 0.154. The summed E-state index contributed by atoms with van der Waals surface area (Å²) in [5, 5.41) is 10.9. The predicted octanol–water partition coefficient (Wildman–Crippen LogP) is 2.52. The molecule has 1 aliphatic carbocycles. The Morgan fingerprint density at radius 2 is 2.17 bits per heavy atom. The summed E-state index contributed by atoms with van der Waals surface area (Å²) in [5.74, 6) is 0.329. The van der Waals surface area contributed by atoms with Crippen LogP contribution in [0.25, 0.3) is 0 Å². The first-order valence-corrected chi connectivity index (χ1v) is 8.49. The van der Waals surface area contributed by atoms with Gasteiger partial charge in [-0.25, -0.2) is 4.39 Å². The van der Waals surface area contributed by atoms with Gasteiger partial charge >= 0.3 is 0 Å². The lowest BCUT2D eigenvalue weighted by atomic mass is 10.0. The van der Waals surface area contributed by atoms with E-state index in [2.05, 4.69) is 4.90 Å². The van der Waals surface area contributed by atoms with Gasteiger partial charge in [-0.3, -0.25) is 4.90 Å². The van der Waals surface area contributed by atoms with Crippen molar-refractivity contribution in [2.24, 2.45) is 0 Å². The fraction of sp³-hybridized carbons (Fsp3) is 0.667. The zero-order valence-electron chi connectivity index (χ0n) is 13.8. The third-order valence-electron chi connectivity index (χ3n) is 4.87. The number of ether oxygens (including phenoxy) is 2. The molecule has 1 N–H and O–H groups in total. The average molecular weight is 323 g/mol. The van der Waals surface area contributed by atoms with E-state index >= 15 is 0 Å². The van der Waals surface area contributed by atoms with Crippen LogP contribution in [0, 0.1) is 12.7 Å². The van der Waals surface area contributed by atoms with Gasteiger partial charge < -0.3 is 14.6 Å². The maximum Gasteiger partial charge on any atom is 0.134 e. The quantitative estimate of drug-likeness (QED) is 0.924. The van der Waals surface area contributed by atoms with Gasteiger partial charge in [-0.15, -0.1) is 0 Å². The molecule has 0 amide bonds. The molecule has 1 aromatic rings. The molecule has 128 valence electrons. The van der Waals surface area contributed by atoms with Crippen LogP contribution in [0.3, 0.4) is 0 Å². The second kappa shape index (κ2) is 7.16. The number of hydrogen-bond acceptors (Lipinski definition) is 4. The third kappa shape index (κ3) is 4.22. The summed E-state index contributed by atoms with van der Waals surface area (Å²) in [6.45, 7) is 4.21. The van der Waals surface area contributed by atoms with Crippen LogP contribution in [0.5, 0.6) is 5.75 Å². The van der Waals surface area contributed by atoms with E-state index in [0.29, 0.717) is 30.5 Å². The topological polar surface area (TPSA) is 41.9 Å². The Bertz CT molecular complexity index is 533.